The molecule has 0 fully saturated rings. The number of hydrogen-bond donors (Lipinski definition) is 2. The molecule has 2 N–H and O–H groups in total. The second-order valence-corrected chi connectivity index (χ2v) is 3.08. The molecule has 0 amide bonds. The first kappa shape index (κ1) is 18.7. The van der Waals surface area contributed by atoms with E-state index in [-0.39, 0.29) is 6.61 Å². The summed E-state index contributed by atoms with van der Waals surface area (Å²) in [5.74, 6) is -0.833. The van der Waals surface area contributed by atoms with E-state index < -0.39 is 5.97 Å². The van der Waals surface area contributed by atoms with Gasteiger partial charge in [0.1, 0.15) is 0 Å². The molecular weight excluding hydrogens is 228 g/mol. The highest BCUT2D eigenvalue weighted by molar-refractivity contribution is 5.62. The van der Waals surface area contributed by atoms with Gasteiger partial charge in [0.25, 0.3) is 5.97 Å². The van der Waals surface area contributed by atoms with Gasteiger partial charge in [-0.25, -0.2) is 0 Å². The van der Waals surface area contributed by atoms with Gasteiger partial charge in [-0.05, 0) is 6.42 Å². The Hall–Kier alpha value is -0.690. The molecule has 0 aromatic rings. The molecule has 0 aliphatic carbocycles. The van der Waals surface area contributed by atoms with E-state index in [0.29, 0.717) is 33.0 Å². The Morgan fingerprint density at radius 1 is 0.941 bits per heavy atom. The molecule has 0 atom stereocenters. The summed E-state index contributed by atoms with van der Waals surface area (Å²) in [7, 11) is 0. The van der Waals surface area contributed by atoms with Crippen LogP contribution in [0.2, 0.25) is 0 Å². The van der Waals surface area contributed by atoms with Crippen LogP contribution in [0.15, 0.2) is 0 Å². The van der Waals surface area contributed by atoms with Gasteiger partial charge in [0.2, 0.25) is 0 Å². The number of hydrogen-bond acceptors (Lipinski definition) is 5. The van der Waals surface area contributed by atoms with E-state index in [4.69, 9.17) is 29.2 Å². The van der Waals surface area contributed by atoms with Crippen molar-refractivity contribution in [3.63, 3.8) is 0 Å². The fourth-order valence-electron chi connectivity index (χ4n) is 0.751. The third-order valence-electron chi connectivity index (χ3n) is 1.33. The minimum absolute atomic E-state index is 0.0691. The lowest BCUT2D eigenvalue weighted by atomic mass is 10.5. The van der Waals surface area contributed by atoms with Gasteiger partial charge in [-0.15, -0.1) is 0 Å². The summed E-state index contributed by atoms with van der Waals surface area (Å²) in [6, 6.07) is 0. The Labute approximate surface area is 102 Å². The van der Waals surface area contributed by atoms with Crippen LogP contribution in [0.4, 0.5) is 0 Å². The molecular formula is C11H24O6. The van der Waals surface area contributed by atoms with Crippen molar-refractivity contribution in [1.29, 1.82) is 0 Å². The van der Waals surface area contributed by atoms with Crippen LogP contribution in [0.5, 0.6) is 0 Å². The smallest absolute Gasteiger partial charge is 0.300 e. The normalized spacial score (nSPS) is 9.59. The molecule has 0 aromatic heterocycles. The van der Waals surface area contributed by atoms with Gasteiger partial charge in [-0.3, -0.25) is 4.79 Å². The minimum Gasteiger partial charge on any atom is -0.481 e. The lowest BCUT2D eigenvalue weighted by molar-refractivity contribution is -0.134. The maximum Gasteiger partial charge on any atom is 0.300 e. The van der Waals surface area contributed by atoms with E-state index in [9.17, 15) is 0 Å². The van der Waals surface area contributed by atoms with E-state index >= 15 is 0 Å². The van der Waals surface area contributed by atoms with Crippen molar-refractivity contribution in [2.24, 2.45) is 0 Å². The summed E-state index contributed by atoms with van der Waals surface area (Å²) in [6.07, 6.45) is 1.04. The van der Waals surface area contributed by atoms with Crippen LogP contribution in [0.3, 0.4) is 0 Å². The summed E-state index contributed by atoms with van der Waals surface area (Å²) < 4.78 is 15.4. The van der Waals surface area contributed by atoms with E-state index in [2.05, 4.69) is 6.92 Å². The van der Waals surface area contributed by atoms with Gasteiger partial charge in [0.15, 0.2) is 0 Å². The molecule has 0 aliphatic heterocycles. The molecule has 0 spiro atoms. The number of carboxylic acid groups (broad SMARTS) is 1. The number of rotatable bonds is 10. The third-order valence-corrected chi connectivity index (χ3v) is 1.33. The predicted molar refractivity (Wildman–Crippen MR) is 63.1 cm³/mol. The van der Waals surface area contributed by atoms with Gasteiger partial charge < -0.3 is 24.4 Å². The highest BCUT2D eigenvalue weighted by atomic mass is 16.5. The first-order valence-electron chi connectivity index (χ1n) is 5.68. The maximum absolute atomic E-state index is 9.00. The molecule has 104 valence electrons. The first-order valence-corrected chi connectivity index (χ1v) is 5.68. The topological polar surface area (TPSA) is 85.2 Å². The van der Waals surface area contributed by atoms with Crippen molar-refractivity contribution in [3.8, 4) is 0 Å². The summed E-state index contributed by atoms with van der Waals surface area (Å²) in [5, 5.41) is 15.8. The van der Waals surface area contributed by atoms with Crippen LogP contribution in [-0.4, -0.2) is 62.4 Å². The molecule has 0 aliphatic rings. The monoisotopic (exact) mass is 252 g/mol. The number of aliphatic hydroxyl groups is 1. The van der Waals surface area contributed by atoms with Crippen LogP contribution in [0, 0.1) is 0 Å². The SMILES string of the molecule is CC(=O)O.CCCOCCOCCOCCO. The second kappa shape index (κ2) is 17.7. The molecule has 0 rings (SSSR count). The first-order chi connectivity index (χ1) is 8.15. The Morgan fingerprint density at radius 2 is 1.29 bits per heavy atom. The number of carboxylic acids is 1. The molecule has 0 saturated heterocycles. The molecule has 0 saturated carbocycles. The third kappa shape index (κ3) is 31.3. The maximum atomic E-state index is 9.00. The van der Waals surface area contributed by atoms with Crippen molar-refractivity contribution in [2.75, 3.05) is 46.2 Å². The number of aliphatic hydroxyl groups excluding tert-OH is 1. The van der Waals surface area contributed by atoms with Gasteiger partial charge in [0.05, 0.1) is 39.6 Å². The van der Waals surface area contributed by atoms with Gasteiger partial charge >= 0.3 is 0 Å². The summed E-state index contributed by atoms with van der Waals surface area (Å²) in [5.41, 5.74) is 0. The molecule has 0 aromatic carbocycles. The lowest BCUT2D eigenvalue weighted by Crippen LogP contribution is -2.10. The zero-order chi connectivity index (χ0) is 13.4. The Balaban J connectivity index is 0. The Morgan fingerprint density at radius 3 is 1.65 bits per heavy atom. The summed E-state index contributed by atoms with van der Waals surface area (Å²) in [4.78, 5) is 9.00. The van der Waals surface area contributed by atoms with Gasteiger partial charge in [0, 0.05) is 13.5 Å². The zero-order valence-electron chi connectivity index (χ0n) is 10.7. The van der Waals surface area contributed by atoms with Crippen LogP contribution in [0.25, 0.3) is 0 Å². The zero-order valence-corrected chi connectivity index (χ0v) is 10.7. The summed E-state index contributed by atoms with van der Waals surface area (Å²) in [6.45, 7) is 6.77. The van der Waals surface area contributed by atoms with Crippen LogP contribution >= 0.6 is 0 Å². The van der Waals surface area contributed by atoms with Crippen LogP contribution in [0.1, 0.15) is 20.3 Å². The molecule has 0 heterocycles. The number of carbonyl (C=O) groups is 1. The van der Waals surface area contributed by atoms with Crippen molar-refractivity contribution in [2.45, 2.75) is 20.3 Å². The molecule has 17 heavy (non-hydrogen) atoms. The number of ether oxygens (including phenoxy) is 3. The van der Waals surface area contributed by atoms with E-state index in [0.717, 1.165) is 20.0 Å². The Kier molecular flexibility index (Phi) is 19.4. The molecule has 0 radical (unpaired) electrons. The number of aliphatic carboxylic acids is 1. The average molecular weight is 252 g/mol. The fourth-order valence-corrected chi connectivity index (χ4v) is 0.751. The largest absolute Gasteiger partial charge is 0.481 e. The van der Waals surface area contributed by atoms with E-state index in [1.807, 2.05) is 0 Å². The molecule has 0 bridgehead atoms. The van der Waals surface area contributed by atoms with Crippen LogP contribution < -0.4 is 0 Å². The van der Waals surface area contributed by atoms with Gasteiger partial charge in [-0.2, -0.15) is 0 Å². The molecule has 6 heteroatoms. The van der Waals surface area contributed by atoms with E-state index in [1.165, 1.54) is 0 Å². The second-order valence-electron chi connectivity index (χ2n) is 3.08. The standard InChI is InChI=1S/C9H20O4.C2H4O2/c1-2-4-11-6-8-13-9-7-12-5-3-10;1-2(3)4/h10H,2-9H2,1H3;1H3,(H,3,4). The van der Waals surface area contributed by atoms with Crippen molar-refractivity contribution >= 4 is 5.97 Å². The highest BCUT2D eigenvalue weighted by Gasteiger charge is 1.89. The minimum atomic E-state index is -0.833. The Bertz CT molecular complexity index is 137. The highest BCUT2D eigenvalue weighted by Crippen LogP contribution is 1.82. The summed E-state index contributed by atoms with van der Waals surface area (Å²) >= 11 is 0. The fraction of sp³-hybridized carbons (Fsp3) is 0.909. The lowest BCUT2D eigenvalue weighted by Gasteiger charge is -2.05. The van der Waals surface area contributed by atoms with Crippen molar-refractivity contribution < 1.29 is 29.2 Å². The van der Waals surface area contributed by atoms with E-state index in [1.54, 1.807) is 0 Å². The quantitative estimate of drug-likeness (QED) is 0.552. The van der Waals surface area contributed by atoms with Gasteiger partial charge in [-0.1, -0.05) is 6.92 Å². The van der Waals surface area contributed by atoms with Crippen molar-refractivity contribution in [3.05, 3.63) is 0 Å². The predicted octanol–water partition coefficient (Wildman–Crippen LogP) is 0.529. The molecule has 6 nitrogen and oxygen atoms in total. The van der Waals surface area contributed by atoms with Crippen LogP contribution in [-0.2, 0) is 19.0 Å². The average Bonchev–Trinajstić information content (AvgIpc) is 2.26. The molecule has 0 unspecified atom stereocenters. The van der Waals surface area contributed by atoms with Crippen molar-refractivity contribution in [1.82, 2.24) is 0 Å².